The maximum Gasteiger partial charge on any atom is 0.515 e. The fourth-order valence-electron chi connectivity index (χ4n) is 3.06. The molecular formula is C15H25NO4. The first-order valence-corrected chi connectivity index (χ1v) is 7.44. The molecule has 5 heteroatoms. The maximum atomic E-state index is 11.3. The number of carbonyl (C=O) groups is 1. The molecule has 1 spiro atoms. The van der Waals surface area contributed by atoms with Crippen molar-refractivity contribution in [1.29, 1.82) is 0 Å². The fraction of sp³-hybridized carbons (Fsp3) is 0.867. The minimum Gasteiger partial charge on any atom is -0.434 e. The van der Waals surface area contributed by atoms with Gasteiger partial charge in [0.2, 0.25) is 5.90 Å². The summed E-state index contributed by atoms with van der Waals surface area (Å²) >= 11 is 0. The van der Waals surface area contributed by atoms with Gasteiger partial charge >= 0.3 is 6.16 Å². The lowest BCUT2D eigenvalue weighted by Crippen LogP contribution is -2.38. The highest BCUT2D eigenvalue weighted by Crippen LogP contribution is 2.46. The van der Waals surface area contributed by atoms with E-state index in [0.29, 0.717) is 30.3 Å². The van der Waals surface area contributed by atoms with Crippen LogP contribution in [0, 0.1) is 11.3 Å². The van der Waals surface area contributed by atoms with Crippen LogP contribution in [0.5, 0.6) is 0 Å². The number of rotatable bonds is 1. The van der Waals surface area contributed by atoms with Crippen LogP contribution >= 0.6 is 0 Å². The third-order valence-corrected chi connectivity index (χ3v) is 4.40. The Bertz CT molecular complexity index is 389. The van der Waals surface area contributed by atoms with Gasteiger partial charge in [-0.15, -0.1) is 0 Å². The second kappa shape index (κ2) is 5.62. The largest absolute Gasteiger partial charge is 0.515 e. The van der Waals surface area contributed by atoms with Gasteiger partial charge in [0.05, 0.1) is 13.0 Å². The highest BCUT2D eigenvalue weighted by Gasteiger charge is 2.45. The van der Waals surface area contributed by atoms with Crippen molar-refractivity contribution in [2.75, 3.05) is 6.61 Å². The molecule has 5 nitrogen and oxygen atoms in total. The molecule has 1 fully saturated rings. The molecule has 0 aromatic heterocycles. The van der Waals surface area contributed by atoms with Crippen LogP contribution in [0.2, 0.25) is 0 Å². The molecule has 0 bridgehead atoms. The summed E-state index contributed by atoms with van der Waals surface area (Å²) in [5, 5.41) is 3.92. The van der Waals surface area contributed by atoms with Gasteiger partial charge in [-0.05, 0) is 43.9 Å². The van der Waals surface area contributed by atoms with Crippen molar-refractivity contribution in [2.45, 2.75) is 65.4 Å². The average Bonchev–Trinajstić information content (AvgIpc) is 2.72. The van der Waals surface area contributed by atoms with Gasteiger partial charge in [0.25, 0.3) is 0 Å². The van der Waals surface area contributed by atoms with E-state index >= 15 is 0 Å². The van der Waals surface area contributed by atoms with Crippen LogP contribution < -0.4 is 0 Å². The van der Waals surface area contributed by atoms with Crippen LogP contribution in [-0.4, -0.2) is 24.3 Å². The minimum atomic E-state index is -0.699. The van der Waals surface area contributed by atoms with Gasteiger partial charge in [-0.2, -0.15) is 0 Å². The van der Waals surface area contributed by atoms with Crippen molar-refractivity contribution >= 4 is 12.1 Å². The molecule has 0 N–H and O–H groups in total. The molecule has 1 heterocycles. The van der Waals surface area contributed by atoms with Gasteiger partial charge in [0, 0.05) is 0 Å². The minimum absolute atomic E-state index is 0.260. The summed E-state index contributed by atoms with van der Waals surface area (Å²) in [7, 11) is 0. The summed E-state index contributed by atoms with van der Waals surface area (Å²) in [5.74, 6) is 1.06. The number of ether oxygens (including phenoxy) is 2. The molecule has 0 aromatic carbocycles. The summed E-state index contributed by atoms with van der Waals surface area (Å²) < 4.78 is 9.78. The zero-order valence-electron chi connectivity index (χ0n) is 12.9. The van der Waals surface area contributed by atoms with Crippen molar-refractivity contribution < 1.29 is 19.1 Å². The molecule has 0 aromatic rings. The quantitative estimate of drug-likeness (QED) is 0.685. The van der Waals surface area contributed by atoms with E-state index in [9.17, 15) is 4.79 Å². The normalized spacial score (nSPS) is 29.8. The van der Waals surface area contributed by atoms with Crippen LogP contribution in [0.1, 0.15) is 59.8 Å². The highest BCUT2D eigenvalue weighted by molar-refractivity contribution is 5.87. The molecule has 1 aliphatic carbocycles. The molecule has 2 aliphatic rings. The number of hydrogen-bond acceptors (Lipinski definition) is 5. The summed E-state index contributed by atoms with van der Waals surface area (Å²) in [6, 6.07) is 0. The zero-order chi connectivity index (χ0) is 14.8. The Labute approximate surface area is 120 Å². The lowest BCUT2D eigenvalue weighted by atomic mass is 9.68. The molecule has 1 aliphatic heterocycles. The van der Waals surface area contributed by atoms with E-state index in [1.807, 2.05) is 0 Å². The van der Waals surface area contributed by atoms with E-state index in [0.717, 1.165) is 25.7 Å². The predicted molar refractivity (Wildman–Crippen MR) is 75.4 cm³/mol. The molecule has 20 heavy (non-hydrogen) atoms. The Kier molecular flexibility index (Phi) is 4.25. The monoisotopic (exact) mass is 283 g/mol. The first kappa shape index (κ1) is 15.1. The van der Waals surface area contributed by atoms with Gasteiger partial charge < -0.3 is 14.3 Å². The smallest absolute Gasteiger partial charge is 0.434 e. The average molecular weight is 283 g/mol. The Hall–Kier alpha value is -1.26. The third-order valence-electron chi connectivity index (χ3n) is 4.40. The molecule has 1 saturated carbocycles. The lowest BCUT2D eigenvalue weighted by molar-refractivity contribution is -0.0640. The van der Waals surface area contributed by atoms with Crippen LogP contribution in [0.3, 0.4) is 0 Å². The topological polar surface area (TPSA) is 57.1 Å². The molecule has 0 saturated heterocycles. The molecule has 0 amide bonds. The number of oxime groups is 1. The van der Waals surface area contributed by atoms with E-state index in [1.165, 1.54) is 0 Å². The van der Waals surface area contributed by atoms with Crippen LogP contribution in [0.25, 0.3) is 0 Å². The van der Waals surface area contributed by atoms with Gasteiger partial charge in [-0.1, -0.05) is 25.9 Å². The number of hydrogen-bond donors (Lipinski definition) is 0. The highest BCUT2D eigenvalue weighted by atomic mass is 16.7. The second-order valence-corrected chi connectivity index (χ2v) is 6.86. The molecule has 0 radical (unpaired) electrons. The van der Waals surface area contributed by atoms with Crippen molar-refractivity contribution in [3.05, 3.63) is 0 Å². The van der Waals surface area contributed by atoms with Crippen molar-refractivity contribution in [3.8, 4) is 0 Å². The van der Waals surface area contributed by atoms with E-state index in [4.69, 9.17) is 14.3 Å². The van der Waals surface area contributed by atoms with Gasteiger partial charge in [-0.3, -0.25) is 0 Å². The van der Waals surface area contributed by atoms with E-state index in [-0.39, 0.29) is 5.60 Å². The summed E-state index contributed by atoms with van der Waals surface area (Å²) in [6.07, 6.45) is 4.07. The SMILES string of the molecule is CCOC(=O)OC1=NOC2(CCC(C(C)(C)C)CC2)C1. The van der Waals surface area contributed by atoms with Crippen molar-refractivity contribution in [2.24, 2.45) is 16.5 Å². The Morgan fingerprint density at radius 3 is 2.60 bits per heavy atom. The molecular weight excluding hydrogens is 258 g/mol. The van der Waals surface area contributed by atoms with E-state index in [1.54, 1.807) is 6.92 Å². The van der Waals surface area contributed by atoms with Crippen LogP contribution in [-0.2, 0) is 14.3 Å². The Balaban J connectivity index is 1.84. The van der Waals surface area contributed by atoms with Crippen molar-refractivity contribution in [1.82, 2.24) is 0 Å². The maximum absolute atomic E-state index is 11.3. The van der Waals surface area contributed by atoms with Crippen molar-refractivity contribution in [3.63, 3.8) is 0 Å². The van der Waals surface area contributed by atoms with E-state index in [2.05, 4.69) is 25.9 Å². The first-order chi connectivity index (χ1) is 9.35. The second-order valence-electron chi connectivity index (χ2n) is 6.86. The molecule has 0 atom stereocenters. The molecule has 114 valence electrons. The standard InChI is InChI=1S/C15H25NO4/c1-5-18-13(17)19-12-10-15(20-16-12)8-6-11(7-9-15)14(2,3)4/h11H,5-10H2,1-4H3. The Morgan fingerprint density at radius 1 is 1.40 bits per heavy atom. The van der Waals surface area contributed by atoms with Gasteiger partial charge in [0.15, 0.2) is 0 Å². The van der Waals surface area contributed by atoms with Gasteiger partial charge in [0.1, 0.15) is 5.60 Å². The number of nitrogens with zero attached hydrogens (tertiary/aromatic N) is 1. The van der Waals surface area contributed by atoms with Gasteiger partial charge in [-0.25, -0.2) is 4.79 Å². The summed E-state index contributed by atoms with van der Waals surface area (Å²) in [4.78, 5) is 16.9. The molecule has 0 unspecified atom stereocenters. The summed E-state index contributed by atoms with van der Waals surface area (Å²) in [5.41, 5.74) is 0.0783. The number of carbonyl (C=O) groups excluding carboxylic acids is 1. The van der Waals surface area contributed by atoms with Crippen LogP contribution in [0.15, 0.2) is 5.16 Å². The third kappa shape index (κ3) is 3.44. The zero-order valence-corrected chi connectivity index (χ0v) is 12.9. The van der Waals surface area contributed by atoms with Crippen LogP contribution in [0.4, 0.5) is 4.79 Å². The summed E-state index contributed by atoms with van der Waals surface area (Å²) in [6.45, 7) is 8.90. The fourth-order valence-corrected chi connectivity index (χ4v) is 3.06. The lowest BCUT2D eigenvalue weighted by Gasteiger charge is -2.40. The first-order valence-electron chi connectivity index (χ1n) is 7.44. The predicted octanol–water partition coefficient (Wildman–Crippen LogP) is 3.87. The molecule has 2 rings (SSSR count). The van der Waals surface area contributed by atoms with E-state index < -0.39 is 6.16 Å². The Morgan fingerprint density at radius 2 is 2.05 bits per heavy atom.